The van der Waals surface area contributed by atoms with Crippen LogP contribution in [0.3, 0.4) is 0 Å². The number of nitrogens with zero attached hydrogens (tertiary/aromatic N) is 1. The van der Waals surface area contributed by atoms with E-state index in [1.165, 1.54) is 11.1 Å². The lowest BCUT2D eigenvalue weighted by atomic mass is 9.95. The number of rotatable bonds is 10. The van der Waals surface area contributed by atoms with E-state index in [0.29, 0.717) is 11.5 Å². The molecule has 222 valence electrons. The van der Waals surface area contributed by atoms with Gasteiger partial charge in [0.1, 0.15) is 11.5 Å². The van der Waals surface area contributed by atoms with E-state index in [1.54, 1.807) is 24.3 Å². The van der Waals surface area contributed by atoms with Gasteiger partial charge in [-0.3, -0.25) is 0 Å². The van der Waals surface area contributed by atoms with Crippen LogP contribution in [-0.4, -0.2) is 11.9 Å². The molecule has 0 aromatic heterocycles. The number of ether oxygens (including phenoxy) is 2. The molecule has 0 atom stereocenters. The molecule has 0 N–H and O–H groups in total. The minimum absolute atomic E-state index is 0.423. The summed E-state index contributed by atoms with van der Waals surface area (Å²) >= 11 is 0. The highest BCUT2D eigenvalue weighted by Crippen LogP contribution is 2.36. The smallest absolute Gasteiger partial charge is 0.335 e. The molecule has 5 aromatic carbocycles. The zero-order valence-corrected chi connectivity index (χ0v) is 25.3. The Kier molecular flexibility index (Phi) is 9.51. The zero-order chi connectivity index (χ0) is 31.8. The Morgan fingerprint density at radius 2 is 0.889 bits per heavy atom. The third kappa shape index (κ3) is 7.72. The van der Waals surface area contributed by atoms with E-state index in [2.05, 4.69) is 111 Å². The summed E-state index contributed by atoms with van der Waals surface area (Å²) in [6.45, 7) is 11.1. The van der Waals surface area contributed by atoms with Gasteiger partial charge in [0.2, 0.25) is 0 Å². The van der Waals surface area contributed by atoms with E-state index in [1.807, 2.05) is 24.3 Å². The lowest BCUT2D eigenvalue weighted by Crippen LogP contribution is -2.09. The van der Waals surface area contributed by atoms with Crippen LogP contribution in [0.15, 0.2) is 147 Å². The SMILES string of the molecule is C=CC(=O)Oc1ccc(C(=Cc2ccc(N(c3ccc(C)cc3)c3ccc(C)cc3)cc2)c2ccc(OC(=O)C=C)cc2)cc1. The van der Waals surface area contributed by atoms with Crippen LogP contribution in [0.5, 0.6) is 11.5 Å². The molecule has 0 bridgehead atoms. The summed E-state index contributed by atoms with van der Waals surface area (Å²) in [5.41, 5.74) is 9.33. The van der Waals surface area contributed by atoms with Crippen LogP contribution in [0.25, 0.3) is 11.6 Å². The molecule has 5 aromatic rings. The molecule has 45 heavy (non-hydrogen) atoms. The Hall–Kier alpha value is -5.94. The van der Waals surface area contributed by atoms with E-state index in [0.717, 1.165) is 51.5 Å². The van der Waals surface area contributed by atoms with Crippen LogP contribution in [0.1, 0.15) is 27.8 Å². The first-order chi connectivity index (χ1) is 21.8. The van der Waals surface area contributed by atoms with Gasteiger partial charge in [-0.25, -0.2) is 9.59 Å². The van der Waals surface area contributed by atoms with Crippen molar-refractivity contribution in [2.45, 2.75) is 13.8 Å². The lowest BCUT2D eigenvalue weighted by Gasteiger charge is -2.26. The van der Waals surface area contributed by atoms with Crippen molar-refractivity contribution in [3.8, 4) is 11.5 Å². The third-order valence-corrected chi connectivity index (χ3v) is 7.15. The number of carbonyl (C=O) groups excluding carboxylic acids is 2. The maximum atomic E-state index is 11.7. The van der Waals surface area contributed by atoms with Crippen LogP contribution in [0.4, 0.5) is 17.1 Å². The first-order valence-corrected chi connectivity index (χ1v) is 14.5. The van der Waals surface area contributed by atoms with E-state index < -0.39 is 11.9 Å². The van der Waals surface area contributed by atoms with Gasteiger partial charge in [0.05, 0.1) is 0 Å². The Bertz CT molecular complexity index is 1720. The standard InChI is InChI=1S/C40H33NO4/c1-5-39(42)44-36-23-13-31(14-24-36)38(32-15-25-37(26-16-32)45-40(43)6-2)27-30-11-21-35(22-12-30)41(33-17-7-28(3)8-18-33)34-19-9-29(4)10-20-34/h5-27H,1-2H2,3-4H3. The van der Waals surface area contributed by atoms with Gasteiger partial charge < -0.3 is 14.4 Å². The van der Waals surface area contributed by atoms with Crippen LogP contribution >= 0.6 is 0 Å². The second-order valence-electron chi connectivity index (χ2n) is 10.5. The minimum atomic E-state index is -0.520. The van der Waals surface area contributed by atoms with Crippen molar-refractivity contribution in [1.82, 2.24) is 0 Å². The summed E-state index contributed by atoms with van der Waals surface area (Å²) in [5.74, 6) is -0.195. The van der Waals surface area contributed by atoms with Gasteiger partial charge in [-0.05, 0) is 103 Å². The van der Waals surface area contributed by atoms with E-state index >= 15 is 0 Å². The summed E-state index contributed by atoms with van der Waals surface area (Å²) in [6, 6.07) is 40.0. The number of esters is 2. The highest BCUT2D eigenvalue weighted by atomic mass is 16.5. The Morgan fingerprint density at radius 3 is 1.24 bits per heavy atom. The van der Waals surface area contributed by atoms with Gasteiger partial charge in [-0.15, -0.1) is 0 Å². The molecular formula is C40H33NO4. The minimum Gasteiger partial charge on any atom is -0.423 e. The van der Waals surface area contributed by atoms with E-state index in [9.17, 15) is 9.59 Å². The number of aryl methyl sites for hydroxylation is 2. The van der Waals surface area contributed by atoms with Crippen LogP contribution in [-0.2, 0) is 9.59 Å². The second-order valence-corrected chi connectivity index (χ2v) is 10.5. The number of anilines is 3. The molecule has 0 saturated heterocycles. The van der Waals surface area contributed by atoms with Gasteiger partial charge in [0.25, 0.3) is 0 Å². The van der Waals surface area contributed by atoms with Crippen molar-refractivity contribution in [2.75, 3.05) is 4.90 Å². The van der Waals surface area contributed by atoms with Crippen LogP contribution in [0.2, 0.25) is 0 Å². The highest BCUT2D eigenvalue weighted by molar-refractivity contribution is 5.92. The maximum absolute atomic E-state index is 11.7. The van der Waals surface area contributed by atoms with Crippen molar-refractivity contribution < 1.29 is 19.1 Å². The fourth-order valence-electron chi connectivity index (χ4n) is 4.78. The predicted molar refractivity (Wildman–Crippen MR) is 182 cm³/mol. The number of carbonyl (C=O) groups is 2. The normalized spacial score (nSPS) is 10.4. The van der Waals surface area contributed by atoms with Gasteiger partial charge in [-0.1, -0.05) is 84.9 Å². The summed E-state index contributed by atoms with van der Waals surface area (Å²) in [7, 11) is 0. The zero-order valence-electron chi connectivity index (χ0n) is 25.3. The molecule has 5 rings (SSSR count). The van der Waals surface area contributed by atoms with Crippen molar-refractivity contribution in [3.05, 3.63) is 174 Å². The summed E-state index contributed by atoms with van der Waals surface area (Å²) in [5, 5.41) is 0. The molecule has 0 amide bonds. The Labute approximate surface area is 264 Å². The topological polar surface area (TPSA) is 55.8 Å². The van der Waals surface area contributed by atoms with Crippen molar-refractivity contribution in [3.63, 3.8) is 0 Å². The predicted octanol–water partition coefficient (Wildman–Crippen LogP) is 9.54. The molecule has 0 radical (unpaired) electrons. The monoisotopic (exact) mass is 591 g/mol. The molecule has 0 aliphatic carbocycles. The van der Waals surface area contributed by atoms with Gasteiger partial charge in [0, 0.05) is 29.2 Å². The summed E-state index contributed by atoms with van der Waals surface area (Å²) in [6.07, 6.45) is 4.35. The molecule has 0 unspecified atom stereocenters. The maximum Gasteiger partial charge on any atom is 0.335 e. The average Bonchev–Trinajstić information content (AvgIpc) is 3.07. The average molecular weight is 592 g/mol. The van der Waals surface area contributed by atoms with Crippen LogP contribution < -0.4 is 14.4 Å². The molecule has 0 spiro atoms. The first kappa shape index (κ1) is 30.5. The van der Waals surface area contributed by atoms with Crippen molar-refractivity contribution in [2.24, 2.45) is 0 Å². The van der Waals surface area contributed by atoms with Gasteiger partial charge in [0.15, 0.2) is 0 Å². The summed E-state index contributed by atoms with van der Waals surface area (Å²) < 4.78 is 10.5. The Balaban J connectivity index is 1.52. The molecule has 0 fully saturated rings. The third-order valence-electron chi connectivity index (χ3n) is 7.15. The molecule has 5 nitrogen and oxygen atoms in total. The fraction of sp³-hybridized carbons (Fsp3) is 0.0500. The molecule has 0 aliphatic rings. The number of benzene rings is 5. The largest absolute Gasteiger partial charge is 0.423 e. The molecular weight excluding hydrogens is 558 g/mol. The van der Waals surface area contributed by atoms with Crippen molar-refractivity contribution in [1.29, 1.82) is 0 Å². The molecule has 0 saturated carbocycles. The molecule has 0 aliphatic heterocycles. The quantitative estimate of drug-likeness (QED) is 0.0701. The first-order valence-electron chi connectivity index (χ1n) is 14.5. The Morgan fingerprint density at radius 1 is 0.533 bits per heavy atom. The van der Waals surface area contributed by atoms with Crippen LogP contribution in [0, 0.1) is 13.8 Å². The fourth-order valence-corrected chi connectivity index (χ4v) is 4.78. The second kappa shape index (κ2) is 14.0. The van der Waals surface area contributed by atoms with E-state index in [-0.39, 0.29) is 0 Å². The van der Waals surface area contributed by atoms with Gasteiger partial charge in [-0.2, -0.15) is 0 Å². The van der Waals surface area contributed by atoms with E-state index in [4.69, 9.17) is 9.47 Å². The molecule has 0 heterocycles. The number of hydrogen-bond donors (Lipinski definition) is 0. The lowest BCUT2D eigenvalue weighted by molar-refractivity contribution is -0.129. The van der Waals surface area contributed by atoms with Crippen molar-refractivity contribution >= 4 is 40.6 Å². The van der Waals surface area contributed by atoms with Gasteiger partial charge >= 0.3 is 11.9 Å². The summed E-state index contributed by atoms with van der Waals surface area (Å²) in [4.78, 5) is 25.6. The molecule has 5 heteroatoms. The number of hydrogen-bond acceptors (Lipinski definition) is 5. The highest BCUT2D eigenvalue weighted by Gasteiger charge is 2.13.